The molecule has 0 unspecified atom stereocenters. The number of nitrogens with zero attached hydrogens (tertiary/aromatic N) is 3. The second-order valence-electron chi connectivity index (χ2n) is 9.53. The number of pyridine rings is 2. The molecule has 0 atom stereocenters. The van der Waals surface area contributed by atoms with E-state index in [0.717, 1.165) is 17.5 Å². The van der Waals surface area contributed by atoms with Crippen molar-refractivity contribution in [2.24, 2.45) is 0 Å². The van der Waals surface area contributed by atoms with Crippen molar-refractivity contribution in [1.29, 1.82) is 0 Å². The molecule has 2 aromatic heterocycles. The summed E-state index contributed by atoms with van der Waals surface area (Å²) in [7, 11) is -1.58. The predicted octanol–water partition coefficient (Wildman–Crippen LogP) is 5.31. The van der Waals surface area contributed by atoms with E-state index in [9.17, 15) is 18.2 Å². The van der Waals surface area contributed by atoms with Gasteiger partial charge in [0.1, 0.15) is 18.1 Å². The number of anilines is 1. The fourth-order valence-corrected chi connectivity index (χ4v) is 4.17. The quantitative estimate of drug-likeness (QED) is 0.0608. The highest BCUT2D eigenvalue weighted by Crippen LogP contribution is 2.22. The highest BCUT2D eigenvalue weighted by molar-refractivity contribution is 6.36. The fourth-order valence-electron chi connectivity index (χ4n) is 4.17. The summed E-state index contributed by atoms with van der Waals surface area (Å²) in [5, 5.41) is 2.82. The lowest BCUT2D eigenvalue weighted by Gasteiger charge is -2.21. The summed E-state index contributed by atoms with van der Waals surface area (Å²) in [5.74, 6) is -0.572. The molecule has 0 saturated carbocycles. The number of nitrogens with one attached hydrogen (secondary N) is 1. The predicted molar refractivity (Wildman–Crippen MR) is 163 cm³/mol. The van der Waals surface area contributed by atoms with Crippen LogP contribution in [0.2, 0.25) is 0 Å². The van der Waals surface area contributed by atoms with E-state index in [1.54, 1.807) is 43.8 Å². The van der Waals surface area contributed by atoms with Gasteiger partial charge in [0, 0.05) is 55.5 Å². The summed E-state index contributed by atoms with van der Waals surface area (Å²) in [6.45, 7) is 1.68. The van der Waals surface area contributed by atoms with Crippen LogP contribution in [0.5, 0.6) is 5.75 Å². The van der Waals surface area contributed by atoms with Crippen molar-refractivity contribution in [3.63, 3.8) is 0 Å². The van der Waals surface area contributed by atoms with E-state index in [1.165, 1.54) is 24.3 Å². The molecule has 0 aliphatic rings. The zero-order valence-corrected chi connectivity index (χ0v) is 24.1. The third-order valence-electron chi connectivity index (χ3n) is 6.22. The number of aromatic nitrogens is 2. The number of allylic oxidation sites excluding steroid dienone is 1. The van der Waals surface area contributed by atoms with Crippen molar-refractivity contribution in [2.75, 3.05) is 32.2 Å². The van der Waals surface area contributed by atoms with Crippen molar-refractivity contribution in [3.05, 3.63) is 126 Å². The van der Waals surface area contributed by atoms with Crippen LogP contribution in [0.1, 0.15) is 27.3 Å². The lowest BCUT2D eigenvalue weighted by Crippen LogP contribution is -2.33. The van der Waals surface area contributed by atoms with Gasteiger partial charge in [0.25, 0.3) is 0 Å². The zero-order chi connectivity index (χ0) is 31.1. The molecule has 9 nitrogen and oxygen atoms in total. The monoisotopic (exact) mass is 600 g/mol. The molecule has 0 aliphatic carbocycles. The number of ether oxygens (including phenoxy) is 2. The number of hydrogen-bond acceptors (Lipinski definition) is 8. The Morgan fingerprint density at radius 2 is 1.45 bits per heavy atom. The Kier molecular flexibility index (Phi) is 12.1. The Labute approximate surface area is 254 Å². The Morgan fingerprint density at radius 3 is 2.00 bits per heavy atom. The van der Waals surface area contributed by atoms with Crippen LogP contribution in [-0.4, -0.2) is 60.9 Å². The average Bonchev–Trinajstić information content (AvgIpc) is 3.02. The zero-order valence-electron chi connectivity index (χ0n) is 24.1. The highest BCUT2D eigenvalue weighted by Gasteiger charge is 2.22. The van der Waals surface area contributed by atoms with Gasteiger partial charge >= 0.3 is 7.47 Å². The van der Waals surface area contributed by atoms with Crippen LogP contribution in [0.25, 0.3) is 5.76 Å². The SMILES string of the molecule is COCCOc1ccc(C(=O)/C=C(\OB(F)F)c2ccc(NC(=O)CN(Cc3ccccn3)Cc3ccccn3)cc2)cc1. The number of hydrogen-bond donors (Lipinski definition) is 1. The maximum absolute atomic E-state index is 13.2. The molecule has 4 aromatic rings. The maximum atomic E-state index is 13.2. The molecule has 0 saturated heterocycles. The molecule has 1 amide bonds. The molecular formula is C32H31BF2N4O5. The normalized spacial score (nSPS) is 11.2. The van der Waals surface area contributed by atoms with E-state index in [0.29, 0.717) is 37.7 Å². The molecule has 12 heteroatoms. The van der Waals surface area contributed by atoms with E-state index in [4.69, 9.17) is 9.47 Å². The van der Waals surface area contributed by atoms with Crippen molar-refractivity contribution >= 4 is 30.6 Å². The van der Waals surface area contributed by atoms with Crippen molar-refractivity contribution in [2.45, 2.75) is 13.1 Å². The summed E-state index contributed by atoms with van der Waals surface area (Å²) in [6, 6.07) is 23.5. The van der Waals surface area contributed by atoms with E-state index in [-0.39, 0.29) is 29.3 Å². The van der Waals surface area contributed by atoms with Crippen LogP contribution in [0.4, 0.5) is 14.3 Å². The first kappa shape index (κ1) is 32.0. The molecule has 0 fully saturated rings. The van der Waals surface area contributed by atoms with E-state index >= 15 is 0 Å². The largest absolute Gasteiger partial charge is 0.796 e. The molecule has 1 N–H and O–H groups in total. The van der Waals surface area contributed by atoms with Crippen LogP contribution in [0, 0.1) is 0 Å². The van der Waals surface area contributed by atoms with Crippen molar-refractivity contribution in [1.82, 2.24) is 14.9 Å². The molecular weight excluding hydrogens is 569 g/mol. The summed E-state index contributed by atoms with van der Waals surface area (Å²) in [6.07, 6.45) is 4.40. The molecule has 0 aliphatic heterocycles. The fraction of sp³-hybridized carbons (Fsp3) is 0.188. The molecule has 226 valence electrons. The van der Waals surface area contributed by atoms with Gasteiger partial charge in [-0.25, -0.2) is 8.63 Å². The first-order chi connectivity index (χ1) is 21.4. The van der Waals surface area contributed by atoms with Crippen LogP contribution in [0.15, 0.2) is 103 Å². The van der Waals surface area contributed by atoms with E-state index < -0.39 is 13.3 Å². The number of carbonyl (C=O) groups excluding carboxylic acids is 2. The number of benzene rings is 2. The summed E-state index contributed by atoms with van der Waals surface area (Å²) >= 11 is 0. The number of rotatable bonds is 16. The molecule has 0 bridgehead atoms. The van der Waals surface area contributed by atoms with Gasteiger partial charge in [-0.05, 0) is 72.8 Å². The molecule has 2 heterocycles. The Morgan fingerprint density at radius 1 is 0.841 bits per heavy atom. The first-order valence-corrected chi connectivity index (χ1v) is 13.7. The van der Waals surface area contributed by atoms with Gasteiger partial charge < -0.3 is 19.4 Å². The Bertz CT molecular complexity index is 1470. The third-order valence-corrected chi connectivity index (χ3v) is 6.22. The summed E-state index contributed by atoms with van der Waals surface area (Å²) < 4.78 is 41.6. The smallest absolute Gasteiger partial charge is 0.505 e. The van der Waals surface area contributed by atoms with Gasteiger partial charge in [0.2, 0.25) is 5.91 Å². The van der Waals surface area contributed by atoms with Gasteiger partial charge in [-0.2, -0.15) is 0 Å². The minimum atomic E-state index is -3.14. The van der Waals surface area contributed by atoms with Crippen molar-refractivity contribution < 1.29 is 32.3 Å². The first-order valence-electron chi connectivity index (χ1n) is 13.7. The Hall–Kier alpha value is -4.94. The lowest BCUT2D eigenvalue weighted by atomic mass is 10.1. The van der Waals surface area contributed by atoms with E-state index in [2.05, 4.69) is 19.9 Å². The topological polar surface area (TPSA) is 103 Å². The molecule has 4 rings (SSSR count). The van der Waals surface area contributed by atoms with Gasteiger partial charge in [0.05, 0.1) is 24.5 Å². The second kappa shape index (κ2) is 16.6. The average molecular weight is 600 g/mol. The maximum Gasteiger partial charge on any atom is 0.796 e. The molecule has 0 radical (unpaired) electrons. The van der Waals surface area contributed by atoms with Crippen LogP contribution >= 0.6 is 0 Å². The van der Waals surface area contributed by atoms with Gasteiger partial charge in [-0.3, -0.25) is 24.5 Å². The minimum absolute atomic E-state index is 0.0548. The number of ketones is 1. The Balaban J connectivity index is 1.42. The number of amides is 1. The van der Waals surface area contributed by atoms with Gasteiger partial charge in [-0.1, -0.05) is 12.1 Å². The van der Waals surface area contributed by atoms with E-state index in [1.807, 2.05) is 41.3 Å². The van der Waals surface area contributed by atoms with Crippen molar-refractivity contribution in [3.8, 4) is 5.75 Å². The molecule has 2 aromatic carbocycles. The van der Waals surface area contributed by atoms with Crippen LogP contribution in [-0.2, 0) is 27.3 Å². The minimum Gasteiger partial charge on any atom is -0.505 e. The lowest BCUT2D eigenvalue weighted by molar-refractivity contribution is -0.117. The van der Waals surface area contributed by atoms with Gasteiger partial charge in [-0.15, -0.1) is 0 Å². The number of carbonyl (C=O) groups is 2. The second-order valence-corrected chi connectivity index (χ2v) is 9.53. The number of halogens is 2. The standard InChI is InChI=1S/C32H31BF2N4O5/c1-42-18-19-43-29-14-10-24(11-15-29)30(40)20-31(44-33(34)35)25-8-12-26(13-9-25)38-32(41)23-39(21-27-6-2-4-16-36-27)22-28-7-3-5-17-37-28/h2-17,20H,18-19,21-23H2,1H3,(H,38,41)/b31-20-. The molecule has 44 heavy (non-hydrogen) atoms. The summed E-state index contributed by atoms with van der Waals surface area (Å²) in [4.78, 5) is 36.4. The third kappa shape index (κ3) is 10.4. The summed E-state index contributed by atoms with van der Waals surface area (Å²) in [5.41, 5.74) is 2.56. The van der Waals surface area contributed by atoms with Crippen LogP contribution < -0.4 is 10.1 Å². The highest BCUT2D eigenvalue weighted by atomic mass is 19.2. The van der Waals surface area contributed by atoms with Gasteiger partial charge in [0.15, 0.2) is 5.78 Å². The number of methoxy groups -OCH3 is 1. The molecule has 0 spiro atoms. The van der Waals surface area contributed by atoms with Crippen LogP contribution in [0.3, 0.4) is 0 Å².